The fourth-order valence-corrected chi connectivity index (χ4v) is 1.87. The van der Waals surface area contributed by atoms with Crippen LogP contribution in [0.1, 0.15) is 16.1 Å². The molecular weight excluding hydrogens is 333 g/mol. The molecule has 0 aliphatic rings. The quantitative estimate of drug-likeness (QED) is 0.844. The van der Waals surface area contributed by atoms with Crippen molar-refractivity contribution in [2.75, 3.05) is 13.2 Å². The van der Waals surface area contributed by atoms with Gasteiger partial charge < -0.3 is 10.1 Å². The van der Waals surface area contributed by atoms with Crippen LogP contribution >= 0.6 is 11.6 Å². The summed E-state index contributed by atoms with van der Waals surface area (Å²) in [4.78, 5) is 15.0. The summed E-state index contributed by atoms with van der Waals surface area (Å²) in [7, 11) is 0. The summed E-state index contributed by atoms with van der Waals surface area (Å²) in [5, 5.41) is 3.05. The summed E-state index contributed by atoms with van der Waals surface area (Å²) >= 11 is 5.80. The number of pyridine rings is 1. The first-order valence-electron chi connectivity index (χ1n) is 6.56. The highest BCUT2D eigenvalue weighted by molar-refractivity contribution is 6.30. The largest absolute Gasteiger partial charge is 0.492 e. The average molecular weight is 345 g/mol. The minimum Gasteiger partial charge on any atom is -0.492 e. The van der Waals surface area contributed by atoms with E-state index in [4.69, 9.17) is 16.3 Å². The van der Waals surface area contributed by atoms with Crippen molar-refractivity contribution in [1.82, 2.24) is 10.3 Å². The molecule has 0 aliphatic heterocycles. The maximum atomic E-state index is 12.4. The number of hydrogen-bond donors (Lipinski definition) is 1. The van der Waals surface area contributed by atoms with E-state index >= 15 is 0 Å². The lowest BCUT2D eigenvalue weighted by molar-refractivity contribution is -0.141. The van der Waals surface area contributed by atoms with Crippen LogP contribution in [0.4, 0.5) is 13.2 Å². The van der Waals surface area contributed by atoms with Crippen LogP contribution in [0.2, 0.25) is 5.02 Å². The highest BCUT2D eigenvalue weighted by atomic mass is 35.5. The molecule has 23 heavy (non-hydrogen) atoms. The van der Waals surface area contributed by atoms with Crippen molar-refractivity contribution in [3.8, 4) is 5.75 Å². The van der Waals surface area contributed by atoms with E-state index in [0.717, 1.165) is 18.3 Å². The lowest BCUT2D eigenvalue weighted by atomic mass is 10.2. The number of rotatable bonds is 5. The third kappa shape index (κ3) is 5.14. The van der Waals surface area contributed by atoms with E-state index in [-0.39, 0.29) is 18.7 Å². The molecule has 2 rings (SSSR count). The van der Waals surface area contributed by atoms with E-state index in [1.54, 1.807) is 24.3 Å². The monoisotopic (exact) mass is 344 g/mol. The lowest BCUT2D eigenvalue weighted by Gasteiger charge is -2.09. The Balaban J connectivity index is 1.81. The lowest BCUT2D eigenvalue weighted by Crippen LogP contribution is -2.28. The first kappa shape index (κ1) is 17.1. The van der Waals surface area contributed by atoms with Crippen LogP contribution < -0.4 is 10.1 Å². The van der Waals surface area contributed by atoms with Gasteiger partial charge in [-0.25, -0.2) is 0 Å². The molecule has 0 spiro atoms. The van der Waals surface area contributed by atoms with Gasteiger partial charge in [0.1, 0.15) is 18.1 Å². The fraction of sp³-hybridized carbons (Fsp3) is 0.200. The second-order valence-electron chi connectivity index (χ2n) is 4.49. The van der Waals surface area contributed by atoms with Crippen molar-refractivity contribution >= 4 is 17.5 Å². The SMILES string of the molecule is O=C(NCCOc1cccc(Cl)c1)c1ccc(C(F)(F)F)nc1. The van der Waals surface area contributed by atoms with Gasteiger partial charge >= 0.3 is 6.18 Å². The van der Waals surface area contributed by atoms with Crippen molar-refractivity contribution < 1.29 is 22.7 Å². The molecule has 0 bridgehead atoms. The van der Waals surface area contributed by atoms with Gasteiger partial charge in [0, 0.05) is 11.2 Å². The van der Waals surface area contributed by atoms with Crippen molar-refractivity contribution in [2.45, 2.75) is 6.18 Å². The molecule has 2 aromatic rings. The number of hydrogen-bond acceptors (Lipinski definition) is 3. The van der Waals surface area contributed by atoms with Crippen molar-refractivity contribution in [3.63, 3.8) is 0 Å². The van der Waals surface area contributed by atoms with Crippen molar-refractivity contribution in [1.29, 1.82) is 0 Å². The molecule has 0 fully saturated rings. The number of halogens is 4. The average Bonchev–Trinajstić information content (AvgIpc) is 2.51. The molecule has 8 heteroatoms. The predicted molar refractivity (Wildman–Crippen MR) is 78.5 cm³/mol. The van der Waals surface area contributed by atoms with Gasteiger partial charge in [0.05, 0.1) is 12.1 Å². The van der Waals surface area contributed by atoms with E-state index in [2.05, 4.69) is 10.3 Å². The van der Waals surface area contributed by atoms with Gasteiger partial charge in [0.2, 0.25) is 0 Å². The first-order chi connectivity index (χ1) is 10.9. The molecule has 1 amide bonds. The molecule has 0 radical (unpaired) electrons. The number of alkyl halides is 3. The number of carbonyl (C=O) groups is 1. The second-order valence-corrected chi connectivity index (χ2v) is 4.93. The van der Waals surface area contributed by atoms with Crippen LogP contribution in [0.25, 0.3) is 0 Å². The van der Waals surface area contributed by atoms with Gasteiger partial charge in [0.15, 0.2) is 0 Å². The molecule has 0 atom stereocenters. The minimum atomic E-state index is -4.53. The first-order valence-corrected chi connectivity index (χ1v) is 6.94. The Kier molecular flexibility index (Phi) is 5.44. The van der Waals surface area contributed by atoms with Gasteiger partial charge in [-0.05, 0) is 30.3 Å². The number of benzene rings is 1. The van der Waals surface area contributed by atoms with Gasteiger partial charge in [-0.3, -0.25) is 9.78 Å². The molecule has 1 aromatic carbocycles. The molecule has 0 saturated carbocycles. The highest BCUT2D eigenvalue weighted by Gasteiger charge is 2.32. The Morgan fingerprint density at radius 1 is 1.26 bits per heavy atom. The number of nitrogens with one attached hydrogen (secondary N) is 1. The molecule has 4 nitrogen and oxygen atoms in total. The summed E-state index contributed by atoms with van der Waals surface area (Å²) < 4.78 is 42.5. The Morgan fingerprint density at radius 3 is 2.65 bits per heavy atom. The van der Waals surface area contributed by atoms with E-state index in [1.807, 2.05) is 0 Å². The van der Waals surface area contributed by atoms with Crippen LogP contribution in [0.3, 0.4) is 0 Å². The molecule has 1 heterocycles. The standard InChI is InChI=1S/C15H12ClF3N2O2/c16-11-2-1-3-12(8-11)23-7-6-20-14(22)10-4-5-13(21-9-10)15(17,18)19/h1-5,8-9H,6-7H2,(H,20,22). The third-order valence-corrected chi connectivity index (χ3v) is 3.00. The van der Waals surface area contributed by atoms with Crippen LogP contribution in [0.15, 0.2) is 42.6 Å². The molecule has 0 unspecified atom stereocenters. The molecule has 0 aliphatic carbocycles. The minimum absolute atomic E-state index is 0.0424. The normalized spacial score (nSPS) is 11.1. The van der Waals surface area contributed by atoms with E-state index < -0.39 is 17.8 Å². The summed E-state index contributed by atoms with van der Waals surface area (Å²) in [6.45, 7) is 0.381. The van der Waals surface area contributed by atoms with Crippen LogP contribution in [-0.4, -0.2) is 24.0 Å². The topological polar surface area (TPSA) is 51.2 Å². The molecule has 1 N–H and O–H groups in total. The van der Waals surface area contributed by atoms with E-state index in [0.29, 0.717) is 10.8 Å². The van der Waals surface area contributed by atoms with Gasteiger partial charge in [-0.15, -0.1) is 0 Å². The summed E-state index contributed by atoms with van der Waals surface area (Å²) in [6.07, 6.45) is -3.64. The molecule has 1 aromatic heterocycles. The zero-order valence-corrected chi connectivity index (χ0v) is 12.5. The van der Waals surface area contributed by atoms with E-state index in [1.165, 1.54) is 0 Å². The highest BCUT2D eigenvalue weighted by Crippen LogP contribution is 2.27. The number of ether oxygens (including phenoxy) is 1. The van der Waals surface area contributed by atoms with Crippen molar-refractivity contribution in [2.24, 2.45) is 0 Å². The Morgan fingerprint density at radius 2 is 2.04 bits per heavy atom. The zero-order chi connectivity index (χ0) is 16.9. The maximum absolute atomic E-state index is 12.4. The summed E-state index contributed by atoms with van der Waals surface area (Å²) in [5.41, 5.74) is -1.00. The van der Waals surface area contributed by atoms with Gasteiger partial charge in [-0.2, -0.15) is 13.2 Å². The molecule has 0 saturated heterocycles. The van der Waals surface area contributed by atoms with E-state index in [9.17, 15) is 18.0 Å². The van der Waals surface area contributed by atoms with Crippen LogP contribution in [0, 0.1) is 0 Å². The predicted octanol–water partition coefficient (Wildman–Crippen LogP) is 3.56. The Bertz CT molecular complexity index is 675. The summed E-state index contributed by atoms with van der Waals surface area (Å²) in [5.74, 6) is 0.0314. The fourth-order valence-electron chi connectivity index (χ4n) is 1.69. The van der Waals surface area contributed by atoms with Crippen molar-refractivity contribution in [3.05, 3.63) is 58.9 Å². The number of aromatic nitrogens is 1. The zero-order valence-electron chi connectivity index (χ0n) is 11.7. The number of carbonyl (C=O) groups excluding carboxylic acids is 1. The maximum Gasteiger partial charge on any atom is 0.433 e. The second kappa shape index (κ2) is 7.32. The van der Waals surface area contributed by atoms with Crippen LogP contribution in [0.5, 0.6) is 5.75 Å². The van der Waals surface area contributed by atoms with Gasteiger partial charge in [-0.1, -0.05) is 17.7 Å². The molecular formula is C15H12ClF3N2O2. The Labute approximate surface area is 135 Å². The number of nitrogens with zero attached hydrogens (tertiary/aromatic N) is 1. The van der Waals surface area contributed by atoms with Crippen LogP contribution in [-0.2, 0) is 6.18 Å². The molecule has 122 valence electrons. The van der Waals surface area contributed by atoms with Gasteiger partial charge in [0.25, 0.3) is 5.91 Å². The number of amides is 1. The smallest absolute Gasteiger partial charge is 0.433 e. The third-order valence-electron chi connectivity index (χ3n) is 2.77. The Hall–Kier alpha value is -2.28. The summed E-state index contributed by atoms with van der Waals surface area (Å²) in [6, 6.07) is 8.61.